The molecule has 0 radical (unpaired) electrons. The number of rotatable bonds is 5. The minimum atomic E-state index is -3.57. The molecule has 2 heterocycles. The van der Waals surface area contributed by atoms with Crippen LogP contribution in [0.2, 0.25) is 0 Å². The van der Waals surface area contributed by atoms with E-state index in [1.165, 1.54) is 0 Å². The third-order valence-electron chi connectivity index (χ3n) is 3.79. The van der Waals surface area contributed by atoms with Gasteiger partial charge in [-0.05, 0) is 55.1 Å². The van der Waals surface area contributed by atoms with Gasteiger partial charge in [0.1, 0.15) is 4.21 Å². The molecule has 1 saturated heterocycles. The van der Waals surface area contributed by atoms with Gasteiger partial charge in [-0.1, -0.05) is 6.07 Å². The van der Waals surface area contributed by atoms with Gasteiger partial charge in [0.2, 0.25) is 0 Å². The molecule has 3 N–H and O–H groups in total. The third kappa shape index (κ3) is 5.18. The molecule has 25 heavy (non-hydrogen) atoms. The second-order valence-corrected chi connectivity index (χ2v) is 8.49. The number of anilines is 1. The Morgan fingerprint density at radius 2 is 1.96 bits per heavy atom. The van der Waals surface area contributed by atoms with Gasteiger partial charge in [-0.25, -0.2) is 8.42 Å². The van der Waals surface area contributed by atoms with E-state index >= 15 is 0 Å². The molecule has 0 spiro atoms. The van der Waals surface area contributed by atoms with Gasteiger partial charge >= 0.3 is 0 Å². The molecule has 1 amide bonds. The zero-order valence-corrected chi connectivity index (χ0v) is 15.8. The number of carbonyl (C=O) groups excluding carboxylic acids is 1. The highest BCUT2D eigenvalue weighted by Crippen LogP contribution is 2.20. The lowest BCUT2D eigenvalue weighted by molar-refractivity contribution is 0.0930. The first-order chi connectivity index (χ1) is 11.5. The average molecular weight is 402 g/mol. The Labute approximate surface area is 157 Å². The maximum atomic E-state index is 12.2. The molecule has 3 rings (SSSR count). The maximum Gasteiger partial charge on any atom is 0.271 e. The van der Waals surface area contributed by atoms with E-state index in [4.69, 9.17) is 0 Å². The normalized spacial score (nSPS) is 17.4. The van der Waals surface area contributed by atoms with Crippen molar-refractivity contribution in [2.75, 3.05) is 17.8 Å². The van der Waals surface area contributed by atoms with Gasteiger partial charge in [0.05, 0.1) is 0 Å². The number of thiophene rings is 1. The highest BCUT2D eigenvalue weighted by atomic mass is 35.5. The number of halogens is 1. The first-order valence-corrected chi connectivity index (χ1v) is 10.1. The Morgan fingerprint density at radius 3 is 2.56 bits per heavy atom. The second kappa shape index (κ2) is 8.66. The number of benzene rings is 1. The van der Waals surface area contributed by atoms with E-state index in [0.717, 1.165) is 37.3 Å². The molecule has 0 saturated carbocycles. The predicted octanol–water partition coefficient (Wildman–Crippen LogP) is 2.45. The Morgan fingerprint density at radius 1 is 1.20 bits per heavy atom. The molecular formula is C16H20ClN3O3S2. The molecule has 0 unspecified atom stereocenters. The number of hydrogen-bond donors (Lipinski definition) is 3. The van der Waals surface area contributed by atoms with Gasteiger partial charge in [0.15, 0.2) is 0 Å². The molecule has 1 aliphatic rings. The van der Waals surface area contributed by atoms with Gasteiger partial charge in [-0.15, -0.1) is 23.7 Å². The SMILES string of the molecule is Cl.O=C(N[C@H]1CCCNC1)c1ccc(NS(=O)(=O)c2cccs2)cc1. The van der Waals surface area contributed by atoms with Gasteiger partial charge in [0, 0.05) is 23.8 Å². The summed E-state index contributed by atoms with van der Waals surface area (Å²) in [5, 5.41) is 7.95. The smallest absolute Gasteiger partial charge is 0.271 e. The van der Waals surface area contributed by atoms with Crippen molar-refractivity contribution in [1.82, 2.24) is 10.6 Å². The fourth-order valence-electron chi connectivity index (χ4n) is 2.56. The minimum absolute atomic E-state index is 0. The highest BCUT2D eigenvalue weighted by Gasteiger charge is 2.17. The lowest BCUT2D eigenvalue weighted by atomic mass is 10.1. The van der Waals surface area contributed by atoms with E-state index in [0.29, 0.717) is 11.3 Å². The Hall–Kier alpha value is -1.61. The Bertz CT molecular complexity index is 787. The standard InChI is InChI=1S/C16H19N3O3S2.ClH/c20-16(18-14-3-1-9-17-11-14)12-5-7-13(8-6-12)19-24(21,22)15-4-2-10-23-15;/h2,4-8,10,14,17,19H,1,3,9,11H2,(H,18,20);1H/t14-;/m0./s1. The summed E-state index contributed by atoms with van der Waals surface area (Å²) in [6.07, 6.45) is 2.02. The number of amides is 1. The second-order valence-electron chi connectivity index (χ2n) is 5.63. The maximum absolute atomic E-state index is 12.2. The first kappa shape index (κ1) is 19.7. The predicted molar refractivity (Wildman–Crippen MR) is 102 cm³/mol. The summed E-state index contributed by atoms with van der Waals surface area (Å²) in [4.78, 5) is 12.2. The summed E-state index contributed by atoms with van der Waals surface area (Å²) in [6, 6.07) is 9.82. The zero-order valence-electron chi connectivity index (χ0n) is 13.4. The van der Waals surface area contributed by atoms with E-state index in [-0.39, 0.29) is 28.6 Å². The lowest BCUT2D eigenvalue weighted by Gasteiger charge is -2.23. The van der Waals surface area contributed by atoms with E-state index in [1.54, 1.807) is 41.8 Å². The quantitative estimate of drug-likeness (QED) is 0.718. The number of sulfonamides is 1. The molecular weight excluding hydrogens is 382 g/mol. The Balaban J connectivity index is 0.00000225. The van der Waals surface area contributed by atoms with E-state index < -0.39 is 10.0 Å². The number of nitrogens with one attached hydrogen (secondary N) is 3. The van der Waals surface area contributed by atoms with Crippen molar-refractivity contribution in [3.8, 4) is 0 Å². The Kier molecular flexibility index (Phi) is 6.83. The van der Waals surface area contributed by atoms with Crippen LogP contribution in [0.5, 0.6) is 0 Å². The van der Waals surface area contributed by atoms with E-state index in [9.17, 15) is 13.2 Å². The third-order valence-corrected chi connectivity index (χ3v) is 6.57. The van der Waals surface area contributed by atoms with Gasteiger partial charge < -0.3 is 10.6 Å². The van der Waals surface area contributed by atoms with Gasteiger partial charge in [0.25, 0.3) is 15.9 Å². The monoisotopic (exact) mass is 401 g/mol. The van der Waals surface area contributed by atoms with Crippen LogP contribution in [0.1, 0.15) is 23.2 Å². The molecule has 9 heteroatoms. The van der Waals surface area contributed by atoms with Crippen LogP contribution in [0, 0.1) is 0 Å². The van der Waals surface area contributed by atoms with Crippen molar-refractivity contribution in [2.45, 2.75) is 23.1 Å². The van der Waals surface area contributed by atoms with Crippen LogP contribution in [0.15, 0.2) is 46.0 Å². The molecule has 0 aliphatic carbocycles. The minimum Gasteiger partial charge on any atom is -0.348 e. The summed E-state index contributed by atoms with van der Waals surface area (Å²) < 4.78 is 27.1. The van der Waals surface area contributed by atoms with Crippen LogP contribution in [0.25, 0.3) is 0 Å². The molecule has 1 aromatic carbocycles. The number of piperidine rings is 1. The fourth-order valence-corrected chi connectivity index (χ4v) is 4.61. The number of hydrogen-bond acceptors (Lipinski definition) is 5. The molecule has 2 aromatic rings. The van der Waals surface area contributed by atoms with E-state index in [1.807, 2.05) is 0 Å². The summed E-state index contributed by atoms with van der Waals surface area (Å²) in [7, 11) is -3.57. The van der Waals surface area contributed by atoms with Crippen molar-refractivity contribution in [3.05, 3.63) is 47.3 Å². The summed E-state index contributed by atoms with van der Waals surface area (Å²) >= 11 is 1.16. The molecule has 1 aromatic heterocycles. The topological polar surface area (TPSA) is 87.3 Å². The zero-order chi connectivity index (χ0) is 17.0. The van der Waals surface area contributed by atoms with Crippen LogP contribution in [0.4, 0.5) is 5.69 Å². The van der Waals surface area contributed by atoms with Crippen molar-refractivity contribution in [2.24, 2.45) is 0 Å². The van der Waals surface area contributed by atoms with E-state index in [2.05, 4.69) is 15.4 Å². The molecule has 1 aliphatic heterocycles. The molecule has 136 valence electrons. The van der Waals surface area contributed by atoms with Crippen molar-refractivity contribution < 1.29 is 13.2 Å². The number of carbonyl (C=O) groups is 1. The summed E-state index contributed by atoms with van der Waals surface area (Å²) in [5.41, 5.74) is 0.943. The molecule has 6 nitrogen and oxygen atoms in total. The molecule has 1 atom stereocenters. The molecule has 0 bridgehead atoms. The van der Waals surface area contributed by atoms with Crippen molar-refractivity contribution >= 4 is 45.4 Å². The summed E-state index contributed by atoms with van der Waals surface area (Å²) in [5.74, 6) is -0.142. The van der Waals surface area contributed by atoms with Crippen LogP contribution in [0.3, 0.4) is 0 Å². The summed E-state index contributed by atoms with van der Waals surface area (Å²) in [6.45, 7) is 1.77. The lowest BCUT2D eigenvalue weighted by Crippen LogP contribution is -2.45. The molecule has 1 fully saturated rings. The highest BCUT2D eigenvalue weighted by molar-refractivity contribution is 7.94. The van der Waals surface area contributed by atoms with Crippen molar-refractivity contribution in [3.63, 3.8) is 0 Å². The van der Waals surface area contributed by atoms with Crippen molar-refractivity contribution in [1.29, 1.82) is 0 Å². The first-order valence-electron chi connectivity index (χ1n) is 7.72. The fraction of sp³-hybridized carbons (Fsp3) is 0.312. The van der Waals surface area contributed by atoms with Crippen LogP contribution in [-0.4, -0.2) is 33.5 Å². The van der Waals surface area contributed by atoms with Crippen LogP contribution >= 0.6 is 23.7 Å². The average Bonchev–Trinajstić information content (AvgIpc) is 3.11. The van der Waals surface area contributed by atoms with Gasteiger partial charge in [-0.3, -0.25) is 9.52 Å². The van der Waals surface area contributed by atoms with Crippen LogP contribution < -0.4 is 15.4 Å². The largest absolute Gasteiger partial charge is 0.348 e. The van der Waals surface area contributed by atoms with Crippen LogP contribution in [-0.2, 0) is 10.0 Å². The van der Waals surface area contributed by atoms with Gasteiger partial charge in [-0.2, -0.15) is 0 Å².